The summed E-state index contributed by atoms with van der Waals surface area (Å²) >= 11 is 6.08. The van der Waals surface area contributed by atoms with Gasteiger partial charge in [0.1, 0.15) is 11.9 Å². The molecular weight excluding hydrogens is 284 g/mol. The fourth-order valence-electron chi connectivity index (χ4n) is 4.53. The first-order valence-electron chi connectivity index (χ1n) is 8.14. The Balaban J connectivity index is 1.43. The summed E-state index contributed by atoms with van der Waals surface area (Å²) in [5, 5.41) is 4.36. The van der Waals surface area contributed by atoms with E-state index in [1.165, 1.54) is 31.6 Å². The van der Waals surface area contributed by atoms with Crippen LogP contribution in [0.5, 0.6) is 5.75 Å². The zero-order valence-electron chi connectivity index (χ0n) is 12.5. The molecule has 4 rings (SSSR count). The van der Waals surface area contributed by atoms with Crippen LogP contribution in [0.3, 0.4) is 0 Å². The van der Waals surface area contributed by atoms with Crippen molar-refractivity contribution in [3.63, 3.8) is 0 Å². The summed E-state index contributed by atoms with van der Waals surface area (Å²) in [7, 11) is 0. The van der Waals surface area contributed by atoms with E-state index >= 15 is 0 Å². The fourth-order valence-corrected chi connectivity index (χ4v) is 4.73. The number of halogens is 1. The molecule has 4 unspecified atom stereocenters. The van der Waals surface area contributed by atoms with Crippen molar-refractivity contribution in [1.29, 1.82) is 0 Å². The van der Waals surface area contributed by atoms with E-state index in [4.69, 9.17) is 16.3 Å². The molecule has 3 heterocycles. The van der Waals surface area contributed by atoms with E-state index in [1.807, 2.05) is 12.1 Å². The van der Waals surface area contributed by atoms with Gasteiger partial charge in [-0.1, -0.05) is 18.5 Å². The van der Waals surface area contributed by atoms with Gasteiger partial charge in [-0.3, -0.25) is 4.90 Å². The van der Waals surface area contributed by atoms with Gasteiger partial charge in [0.05, 0.1) is 0 Å². The lowest BCUT2D eigenvalue weighted by atomic mass is 9.93. The van der Waals surface area contributed by atoms with E-state index < -0.39 is 0 Å². The molecule has 1 aromatic carbocycles. The largest absolute Gasteiger partial charge is 0.488 e. The van der Waals surface area contributed by atoms with E-state index in [-0.39, 0.29) is 0 Å². The normalized spacial score (nSPS) is 34.8. The van der Waals surface area contributed by atoms with Crippen LogP contribution in [0, 0.1) is 11.8 Å². The molecule has 3 aliphatic heterocycles. The Morgan fingerprint density at radius 2 is 2.29 bits per heavy atom. The zero-order chi connectivity index (χ0) is 14.4. The van der Waals surface area contributed by atoms with Crippen LogP contribution in [0.2, 0.25) is 5.02 Å². The Hall–Kier alpha value is -0.770. The Labute approximate surface area is 131 Å². The molecule has 4 atom stereocenters. The third-order valence-electron chi connectivity index (χ3n) is 5.44. The van der Waals surface area contributed by atoms with Gasteiger partial charge in [-0.15, -0.1) is 0 Å². The highest BCUT2D eigenvalue weighted by Crippen LogP contribution is 2.36. The van der Waals surface area contributed by atoms with Crippen LogP contribution in [0.25, 0.3) is 0 Å². The molecule has 0 aliphatic carbocycles. The van der Waals surface area contributed by atoms with Crippen LogP contribution in [0.4, 0.5) is 0 Å². The highest BCUT2D eigenvalue weighted by molar-refractivity contribution is 6.30. The third-order valence-corrected chi connectivity index (χ3v) is 5.68. The highest BCUT2D eigenvalue weighted by atomic mass is 35.5. The van der Waals surface area contributed by atoms with Crippen molar-refractivity contribution in [2.75, 3.05) is 26.2 Å². The number of benzene rings is 1. The summed E-state index contributed by atoms with van der Waals surface area (Å²) in [6.07, 6.45) is 2.53. The van der Waals surface area contributed by atoms with Crippen molar-refractivity contribution in [1.82, 2.24) is 10.2 Å². The molecule has 3 nitrogen and oxygen atoms in total. The van der Waals surface area contributed by atoms with Gasteiger partial charge in [0, 0.05) is 30.6 Å². The van der Waals surface area contributed by atoms with Gasteiger partial charge >= 0.3 is 0 Å². The molecule has 21 heavy (non-hydrogen) atoms. The van der Waals surface area contributed by atoms with Crippen molar-refractivity contribution in [2.24, 2.45) is 11.8 Å². The number of rotatable bonds is 3. The molecule has 0 radical (unpaired) electrons. The summed E-state index contributed by atoms with van der Waals surface area (Å²) in [6, 6.07) is 6.71. The number of ether oxygens (including phenoxy) is 1. The predicted molar refractivity (Wildman–Crippen MR) is 85.1 cm³/mol. The molecule has 0 bridgehead atoms. The molecule has 2 saturated heterocycles. The molecule has 0 saturated carbocycles. The van der Waals surface area contributed by atoms with Crippen molar-refractivity contribution in [3.05, 3.63) is 28.8 Å². The standard InChI is InChI=1S/C17H23ClN2O/c1-2-16-15-8-19-7-12(15)9-20(16)10-14-6-11-5-13(18)3-4-17(11)21-14/h3-5,12,14-16,19H,2,6-10H2,1H3. The second-order valence-electron chi connectivity index (χ2n) is 6.71. The van der Waals surface area contributed by atoms with Gasteiger partial charge in [0.2, 0.25) is 0 Å². The maximum absolute atomic E-state index is 6.12. The van der Waals surface area contributed by atoms with E-state index in [9.17, 15) is 0 Å². The Morgan fingerprint density at radius 1 is 1.38 bits per heavy atom. The summed E-state index contributed by atoms with van der Waals surface area (Å²) in [5.74, 6) is 2.71. The van der Waals surface area contributed by atoms with Gasteiger partial charge in [0.15, 0.2) is 0 Å². The predicted octanol–water partition coefficient (Wildman–Crippen LogP) is 2.57. The smallest absolute Gasteiger partial charge is 0.123 e. The Bertz CT molecular complexity index is 536. The lowest BCUT2D eigenvalue weighted by Crippen LogP contribution is -2.41. The lowest BCUT2D eigenvalue weighted by molar-refractivity contribution is 0.129. The number of likely N-dealkylation sites (tertiary alicyclic amines) is 1. The van der Waals surface area contributed by atoms with Crippen LogP contribution < -0.4 is 10.1 Å². The van der Waals surface area contributed by atoms with E-state index in [2.05, 4.69) is 23.2 Å². The maximum atomic E-state index is 6.12. The average molecular weight is 307 g/mol. The van der Waals surface area contributed by atoms with Crippen LogP contribution >= 0.6 is 11.6 Å². The monoisotopic (exact) mass is 306 g/mol. The summed E-state index contributed by atoms with van der Waals surface area (Å²) in [6.45, 7) is 6.99. The van der Waals surface area contributed by atoms with Gasteiger partial charge in [-0.25, -0.2) is 0 Å². The van der Waals surface area contributed by atoms with Crippen LogP contribution in [0.1, 0.15) is 18.9 Å². The molecule has 0 amide bonds. The topological polar surface area (TPSA) is 24.5 Å². The molecule has 3 aliphatic rings. The van der Waals surface area contributed by atoms with E-state index in [0.29, 0.717) is 6.10 Å². The molecule has 0 spiro atoms. The quantitative estimate of drug-likeness (QED) is 0.929. The lowest BCUT2D eigenvalue weighted by Gasteiger charge is -2.28. The Morgan fingerprint density at radius 3 is 3.14 bits per heavy atom. The zero-order valence-corrected chi connectivity index (χ0v) is 13.3. The van der Waals surface area contributed by atoms with Gasteiger partial charge in [-0.05, 0) is 55.1 Å². The average Bonchev–Trinajstić information content (AvgIpc) is 3.11. The third kappa shape index (κ3) is 2.45. The minimum absolute atomic E-state index is 0.291. The first-order valence-corrected chi connectivity index (χ1v) is 8.52. The molecule has 1 aromatic rings. The number of nitrogens with one attached hydrogen (secondary N) is 1. The van der Waals surface area contributed by atoms with Gasteiger partial charge in [-0.2, -0.15) is 0 Å². The van der Waals surface area contributed by atoms with Crippen molar-refractivity contribution in [2.45, 2.75) is 31.9 Å². The van der Waals surface area contributed by atoms with Crippen LogP contribution in [-0.2, 0) is 6.42 Å². The second-order valence-corrected chi connectivity index (χ2v) is 7.14. The number of hydrogen-bond acceptors (Lipinski definition) is 3. The van der Waals surface area contributed by atoms with Crippen molar-refractivity contribution < 1.29 is 4.74 Å². The van der Waals surface area contributed by atoms with Crippen molar-refractivity contribution >= 4 is 11.6 Å². The molecule has 1 N–H and O–H groups in total. The summed E-state index contributed by atoms with van der Waals surface area (Å²) in [5.41, 5.74) is 1.27. The minimum atomic E-state index is 0.291. The molecular formula is C17H23ClN2O. The second kappa shape index (κ2) is 5.45. The minimum Gasteiger partial charge on any atom is -0.488 e. The molecule has 4 heteroatoms. The summed E-state index contributed by atoms with van der Waals surface area (Å²) < 4.78 is 6.12. The first-order chi connectivity index (χ1) is 10.2. The van der Waals surface area contributed by atoms with Crippen LogP contribution in [-0.4, -0.2) is 43.2 Å². The highest BCUT2D eigenvalue weighted by Gasteiger charge is 2.44. The Kier molecular flexibility index (Phi) is 3.60. The van der Waals surface area contributed by atoms with Crippen LogP contribution in [0.15, 0.2) is 18.2 Å². The molecule has 2 fully saturated rings. The van der Waals surface area contributed by atoms with E-state index in [0.717, 1.165) is 41.6 Å². The number of nitrogens with zero attached hydrogens (tertiary/aromatic N) is 1. The van der Waals surface area contributed by atoms with Crippen molar-refractivity contribution in [3.8, 4) is 5.75 Å². The van der Waals surface area contributed by atoms with Gasteiger partial charge in [0.25, 0.3) is 0 Å². The van der Waals surface area contributed by atoms with E-state index in [1.54, 1.807) is 0 Å². The maximum Gasteiger partial charge on any atom is 0.123 e. The number of hydrogen-bond donors (Lipinski definition) is 1. The fraction of sp³-hybridized carbons (Fsp3) is 0.647. The molecule has 114 valence electrons. The summed E-state index contributed by atoms with van der Waals surface area (Å²) in [4.78, 5) is 2.67. The number of fused-ring (bicyclic) bond motifs is 2. The SMILES string of the molecule is CCC1C2CNCC2CN1CC1Cc2cc(Cl)ccc2O1. The first kappa shape index (κ1) is 13.9. The molecule has 0 aromatic heterocycles. The van der Waals surface area contributed by atoms with Gasteiger partial charge < -0.3 is 10.1 Å².